The Morgan fingerprint density at radius 1 is 0.962 bits per heavy atom. The number of ether oxygens (including phenoxy) is 1. The van der Waals surface area contributed by atoms with Crippen LogP contribution >= 0.6 is 11.6 Å². The van der Waals surface area contributed by atoms with E-state index < -0.39 is 5.97 Å². The van der Waals surface area contributed by atoms with Gasteiger partial charge in [0.1, 0.15) is 0 Å². The second-order valence-electron chi connectivity index (χ2n) is 5.85. The molecule has 0 aliphatic rings. The summed E-state index contributed by atoms with van der Waals surface area (Å²) >= 11 is 5.76. The number of ketones is 1. The molecule has 0 aromatic heterocycles. The van der Waals surface area contributed by atoms with E-state index in [9.17, 15) is 14.4 Å². The number of aryl methyl sites for hydroxylation is 1. The number of amides is 1. The van der Waals surface area contributed by atoms with Gasteiger partial charge in [-0.2, -0.15) is 0 Å². The second-order valence-corrected chi connectivity index (χ2v) is 6.29. The third-order valence-corrected chi connectivity index (χ3v) is 3.95. The minimum Gasteiger partial charge on any atom is -0.456 e. The number of rotatable bonds is 8. The van der Waals surface area contributed by atoms with Crippen LogP contribution in [0.4, 0.5) is 0 Å². The summed E-state index contributed by atoms with van der Waals surface area (Å²) in [5.74, 6) is -1.15. The highest BCUT2D eigenvalue weighted by Crippen LogP contribution is 2.12. The number of carbonyl (C=O) groups excluding carboxylic acids is 3. The molecule has 0 aliphatic heterocycles. The molecule has 0 saturated heterocycles. The van der Waals surface area contributed by atoms with Crippen molar-refractivity contribution in [1.29, 1.82) is 0 Å². The minimum absolute atomic E-state index is 0.0193. The molecule has 0 unspecified atom stereocenters. The maximum Gasteiger partial charge on any atom is 0.306 e. The van der Waals surface area contributed by atoms with Gasteiger partial charge in [0.25, 0.3) is 5.91 Å². The van der Waals surface area contributed by atoms with E-state index >= 15 is 0 Å². The van der Waals surface area contributed by atoms with Crippen LogP contribution in [-0.2, 0) is 20.9 Å². The number of Topliss-reactive ketones (excluding diaryl/α,β-unsaturated/α-hetero) is 1. The third-order valence-electron chi connectivity index (χ3n) is 3.70. The van der Waals surface area contributed by atoms with E-state index in [1.165, 1.54) is 0 Å². The highest BCUT2D eigenvalue weighted by molar-refractivity contribution is 6.30. The molecule has 2 rings (SSSR count). The summed E-state index contributed by atoms with van der Waals surface area (Å²) in [5, 5.41) is 3.21. The lowest BCUT2D eigenvalue weighted by atomic mass is 10.1. The van der Waals surface area contributed by atoms with E-state index in [2.05, 4.69) is 5.32 Å². The fourth-order valence-electron chi connectivity index (χ4n) is 2.17. The van der Waals surface area contributed by atoms with Crippen molar-refractivity contribution >= 4 is 29.3 Å². The van der Waals surface area contributed by atoms with Gasteiger partial charge in [0.2, 0.25) is 0 Å². The molecule has 0 atom stereocenters. The molecule has 5 nitrogen and oxygen atoms in total. The van der Waals surface area contributed by atoms with Gasteiger partial charge in [-0.1, -0.05) is 41.4 Å². The number of hydrogen-bond donors (Lipinski definition) is 1. The number of benzene rings is 2. The average molecular weight is 374 g/mol. The number of carbonyl (C=O) groups is 3. The summed E-state index contributed by atoms with van der Waals surface area (Å²) < 4.78 is 4.89. The topological polar surface area (TPSA) is 72.5 Å². The van der Waals surface area contributed by atoms with Crippen LogP contribution in [0.5, 0.6) is 0 Å². The van der Waals surface area contributed by atoms with Crippen molar-refractivity contribution in [3.8, 4) is 0 Å². The summed E-state index contributed by atoms with van der Waals surface area (Å²) in [6.07, 6.45) is -0.0574. The zero-order valence-electron chi connectivity index (χ0n) is 14.5. The van der Waals surface area contributed by atoms with Gasteiger partial charge in [-0.3, -0.25) is 14.4 Å². The van der Waals surface area contributed by atoms with Crippen molar-refractivity contribution in [2.45, 2.75) is 26.3 Å². The first-order chi connectivity index (χ1) is 12.4. The van der Waals surface area contributed by atoms with E-state index in [1.54, 1.807) is 24.3 Å². The molecule has 0 heterocycles. The fourth-order valence-corrected chi connectivity index (χ4v) is 2.30. The predicted octanol–water partition coefficient (Wildman–Crippen LogP) is 3.47. The Morgan fingerprint density at radius 3 is 2.27 bits per heavy atom. The lowest BCUT2D eigenvalue weighted by Crippen LogP contribution is -2.28. The van der Waals surface area contributed by atoms with Crippen LogP contribution in [0, 0.1) is 6.92 Å². The molecular weight excluding hydrogens is 354 g/mol. The van der Waals surface area contributed by atoms with Crippen molar-refractivity contribution in [3.63, 3.8) is 0 Å². The van der Waals surface area contributed by atoms with Crippen molar-refractivity contribution in [1.82, 2.24) is 5.32 Å². The Bertz CT molecular complexity index is 769. The lowest BCUT2D eigenvalue weighted by Gasteiger charge is -2.07. The summed E-state index contributed by atoms with van der Waals surface area (Å²) in [6, 6.07) is 14.2. The predicted molar refractivity (Wildman–Crippen MR) is 99.0 cm³/mol. The van der Waals surface area contributed by atoms with E-state index in [-0.39, 0.29) is 31.1 Å². The van der Waals surface area contributed by atoms with Crippen LogP contribution < -0.4 is 5.32 Å². The SMILES string of the molecule is Cc1ccc(CNC(=O)COC(=O)CCC(=O)c2ccc(Cl)cc2)cc1. The molecule has 0 spiro atoms. The normalized spacial score (nSPS) is 10.2. The van der Waals surface area contributed by atoms with Crippen LogP contribution in [0.15, 0.2) is 48.5 Å². The van der Waals surface area contributed by atoms with Gasteiger partial charge in [-0.05, 0) is 36.8 Å². The Morgan fingerprint density at radius 2 is 1.62 bits per heavy atom. The molecule has 0 aliphatic carbocycles. The first-order valence-corrected chi connectivity index (χ1v) is 8.58. The molecule has 26 heavy (non-hydrogen) atoms. The quantitative estimate of drug-likeness (QED) is 0.568. The van der Waals surface area contributed by atoms with Gasteiger partial charge >= 0.3 is 5.97 Å². The monoisotopic (exact) mass is 373 g/mol. The van der Waals surface area contributed by atoms with Crippen LogP contribution in [0.3, 0.4) is 0 Å². The summed E-state index contributed by atoms with van der Waals surface area (Å²) in [7, 11) is 0. The Hall–Kier alpha value is -2.66. The van der Waals surface area contributed by atoms with Crippen molar-refractivity contribution in [2.75, 3.05) is 6.61 Å². The maximum atomic E-state index is 12.0. The minimum atomic E-state index is -0.585. The van der Waals surface area contributed by atoms with Crippen LogP contribution in [-0.4, -0.2) is 24.3 Å². The van der Waals surface area contributed by atoms with Gasteiger partial charge in [0.05, 0.1) is 6.42 Å². The maximum absolute atomic E-state index is 12.0. The molecule has 2 aromatic carbocycles. The van der Waals surface area contributed by atoms with Crippen molar-refractivity contribution in [3.05, 3.63) is 70.2 Å². The number of nitrogens with one attached hydrogen (secondary N) is 1. The van der Waals surface area contributed by atoms with Crippen molar-refractivity contribution < 1.29 is 19.1 Å². The van der Waals surface area contributed by atoms with Gasteiger partial charge in [-0.15, -0.1) is 0 Å². The molecule has 1 amide bonds. The van der Waals surface area contributed by atoms with Crippen LogP contribution in [0.25, 0.3) is 0 Å². The number of esters is 1. The fraction of sp³-hybridized carbons (Fsp3) is 0.250. The zero-order valence-corrected chi connectivity index (χ0v) is 15.2. The molecular formula is C20H20ClNO4. The highest BCUT2D eigenvalue weighted by Gasteiger charge is 2.12. The van der Waals surface area contributed by atoms with Gasteiger partial charge in [0, 0.05) is 23.6 Å². The van der Waals surface area contributed by atoms with Gasteiger partial charge < -0.3 is 10.1 Å². The largest absolute Gasteiger partial charge is 0.456 e. The molecule has 0 radical (unpaired) electrons. The first kappa shape index (κ1) is 19.7. The van der Waals surface area contributed by atoms with Crippen LogP contribution in [0.1, 0.15) is 34.3 Å². The number of hydrogen-bond acceptors (Lipinski definition) is 4. The first-order valence-electron chi connectivity index (χ1n) is 8.20. The van der Waals surface area contributed by atoms with Crippen LogP contribution in [0.2, 0.25) is 5.02 Å². The Kier molecular flexibility index (Phi) is 7.36. The smallest absolute Gasteiger partial charge is 0.306 e. The Balaban J connectivity index is 1.66. The zero-order chi connectivity index (χ0) is 18.9. The van der Waals surface area contributed by atoms with Crippen molar-refractivity contribution in [2.24, 2.45) is 0 Å². The second kappa shape index (κ2) is 9.73. The van der Waals surface area contributed by atoms with E-state index in [0.29, 0.717) is 17.1 Å². The van der Waals surface area contributed by atoms with E-state index in [1.807, 2.05) is 31.2 Å². The molecule has 6 heteroatoms. The number of halogens is 1. The van der Waals surface area contributed by atoms with E-state index in [4.69, 9.17) is 16.3 Å². The highest BCUT2D eigenvalue weighted by atomic mass is 35.5. The molecule has 0 fully saturated rings. The van der Waals surface area contributed by atoms with Gasteiger partial charge in [-0.25, -0.2) is 0 Å². The molecule has 0 bridgehead atoms. The van der Waals surface area contributed by atoms with Gasteiger partial charge in [0.15, 0.2) is 12.4 Å². The molecule has 1 N–H and O–H groups in total. The molecule has 136 valence electrons. The molecule has 0 saturated carbocycles. The molecule has 2 aromatic rings. The third kappa shape index (κ3) is 6.69. The average Bonchev–Trinajstić information content (AvgIpc) is 2.64. The standard InChI is InChI=1S/C20H20ClNO4/c1-14-2-4-15(5-3-14)12-22-19(24)13-26-20(25)11-10-18(23)16-6-8-17(21)9-7-16/h2-9H,10-13H2,1H3,(H,22,24). The summed E-state index contributed by atoms with van der Waals surface area (Å²) in [5.41, 5.74) is 2.59. The lowest BCUT2D eigenvalue weighted by molar-refractivity contribution is -0.148. The van der Waals surface area contributed by atoms with E-state index in [0.717, 1.165) is 11.1 Å². The summed E-state index contributed by atoms with van der Waals surface area (Å²) in [6.45, 7) is 1.99. The Labute approximate surface area is 157 Å². The summed E-state index contributed by atoms with van der Waals surface area (Å²) in [4.78, 5) is 35.3.